The summed E-state index contributed by atoms with van der Waals surface area (Å²) in [6, 6.07) is 1.84. The van der Waals surface area contributed by atoms with Crippen LogP contribution in [-0.2, 0) is 13.7 Å². The maximum Gasteiger partial charge on any atom is 0.139 e. The smallest absolute Gasteiger partial charge is 0.139 e. The minimum absolute atomic E-state index is 0.355. The average Bonchev–Trinajstić information content (AvgIpc) is 2.83. The van der Waals surface area contributed by atoms with Crippen molar-refractivity contribution in [1.29, 1.82) is 0 Å². The van der Waals surface area contributed by atoms with Crippen molar-refractivity contribution < 1.29 is 4.74 Å². The summed E-state index contributed by atoms with van der Waals surface area (Å²) >= 11 is 5.56. The molecule has 0 radical (unpaired) electrons. The highest BCUT2D eigenvalue weighted by atomic mass is 35.5. The molecular formula is C13H13ClN4O. The standard InChI is InChI=1S/C13H13ClN4O/c1-18-9-12(16-17-18)10-19-13-6-11(7-15-8-13)4-2-3-5-14/h6-9H,3,5,10H2,1H3. The normalized spacial score (nSPS) is 9.79. The first-order valence-electron chi connectivity index (χ1n) is 5.76. The quantitative estimate of drug-likeness (QED) is 0.631. The maximum atomic E-state index is 5.58. The molecule has 98 valence electrons. The van der Waals surface area contributed by atoms with E-state index in [0.29, 0.717) is 24.7 Å². The number of ether oxygens (including phenoxy) is 1. The molecule has 0 aliphatic rings. The van der Waals surface area contributed by atoms with Gasteiger partial charge in [0.2, 0.25) is 0 Å². The van der Waals surface area contributed by atoms with Crippen molar-refractivity contribution in [1.82, 2.24) is 20.0 Å². The van der Waals surface area contributed by atoms with Crippen LogP contribution in [0.1, 0.15) is 17.7 Å². The van der Waals surface area contributed by atoms with E-state index in [1.165, 1.54) is 0 Å². The summed E-state index contributed by atoms with van der Waals surface area (Å²) < 4.78 is 7.21. The van der Waals surface area contributed by atoms with E-state index in [1.807, 2.05) is 13.1 Å². The van der Waals surface area contributed by atoms with Crippen molar-refractivity contribution in [2.24, 2.45) is 7.05 Å². The zero-order chi connectivity index (χ0) is 13.5. The summed E-state index contributed by atoms with van der Waals surface area (Å²) in [6.07, 6.45) is 5.79. The van der Waals surface area contributed by atoms with E-state index in [1.54, 1.807) is 23.3 Å². The van der Waals surface area contributed by atoms with Crippen molar-refractivity contribution in [3.63, 3.8) is 0 Å². The van der Waals surface area contributed by atoms with Crippen molar-refractivity contribution >= 4 is 11.6 Å². The zero-order valence-corrected chi connectivity index (χ0v) is 11.3. The largest absolute Gasteiger partial charge is 0.485 e. The number of aromatic nitrogens is 4. The minimum atomic E-state index is 0.355. The summed E-state index contributed by atoms with van der Waals surface area (Å²) in [5, 5.41) is 7.77. The Bertz CT molecular complexity index is 600. The van der Waals surface area contributed by atoms with Gasteiger partial charge in [0.05, 0.1) is 12.4 Å². The van der Waals surface area contributed by atoms with Crippen LogP contribution in [0.25, 0.3) is 0 Å². The number of hydrogen-bond donors (Lipinski definition) is 0. The summed E-state index contributed by atoms with van der Waals surface area (Å²) in [5.41, 5.74) is 1.57. The van der Waals surface area contributed by atoms with Gasteiger partial charge in [-0.05, 0) is 6.07 Å². The predicted octanol–water partition coefficient (Wildman–Crippen LogP) is 1.77. The third-order valence-corrected chi connectivity index (χ3v) is 2.39. The lowest BCUT2D eigenvalue weighted by atomic mass is 10.2. The van der Waals surface area contributed by atoms with Gasteiger partial charge in [-0.25, -0.2) is 0 Å². The fourth-order valence-corrected chi connectivity index (χ4v) is 1.49. The molecule has 0 N–H and O–H groups in total. The summed E-state index contributed by atoms with van der Waals surface area (Å²) in [6.45, 7) is 0.355. The first-order valence-corrected chi connectivity index (χ1v) is 6.29. The summed E-state index contributed by atoms with van der Waals surface area (Å²) in [4.78, 5) is 4.08. The molecule has 0 atom stereocenters. The molecule has 0 saturated carbocycles. The van der Waals surface area contributed by atoms with Crippen molar-refractivity contribution in [3.8, 4) is 17.6 Å². The van der Waals surface area contributed by atoms with Gasteiger partial charge in [0.15, 0.2) is 0 Å². The van der Waals surface area contributed by atoms with Gasteiger partial charge in [-0.3, -0.25) is 9.67 Å². The molecule has 0 aliphatic heterocycles. The second-order valence-corrected chi connectivity index (χ2v) is 4.20. The van der Waals surface area contributed by atoms with E-state index in [4.69, 9.17) is 16.3 Å². The van der Waals surface area contributed by atoms with E-state index >= 15 is 0 Å². The molecule has 2 aromatic heterocycles. The lowest BCUT2D eigenvalue weighted by molar-refractivity contribution is 0.300. The van der Waals surface area contributed by atoms with E-state index in [0.717, 1.165) is 11.3 Å². The zero-order valence-electron chi connectivity index (χ0n) is 10.5. The molecule has 0 aromatic carbocycles. The number of aryl methyl sites for hydroxylation is 1. The van der Waals surface area contributed by atoms with Crippen LogP contribution in [0.3, 0.4) is 0 Å². The molecule has 6 heteroatoms. The number of rotatable bonds is 4. The fraction of sp³-hybridized carbons (Fsp3) is 0.308. The molecular weight excluding hydrogens is 264 g/mol. The summed E-state index contributed by atoms with van der Waals surface area (Å²) in [7, 11) is 1.81. The monoisotopic (exact) mass is 276 g/mol. The maximum absolute atomic E-state index is 5.58. The van der Waals surface area contributed by atoms with Crippen LogP contribution < -0.4 is 4.74 Å². The lowest BCUT2D eigenvalue weighted by Crippen LogP contribution is -1.96. The Morgan fingerprint density at radius 1 is 1.42 bits per heavy atom. The molecule has 19 heavy (non-hydrogen) atoms. The van der Waals surface area contributed by atoms with E-state index in [2.05, 4.69) is 27.1 Å². The van der Waals surface area contributed by atoms with Crippen molar-refractivity contribution in [2.45, 2.75) is 13.0 Å². The highest BCUT2D eigenvalue weighted by molar-refractivity contribution is 6.18. The molecule has 0 aliphatic carbocycles. The number of alkyl halides is 1. The van der Waals surface area contributed by atoms with Crippen LogP contribution in [0.15, 0.2) is 24.7 Å². The highest BCUT2D eigenvalue weighted by Gasteiger charge is 2.00. The Kier molecular flexibility index (Phi) is 4.76. The van der Waals surface area contributed by atoms with Crippen LogP contribution in [0.2, 0.25) is 0 Å². The first kappa shape index (κ1) is 13.4. The van der Waals surface area contributed by atoms with Crippen molar-refractivity contribution in [3.05, 3.63) is 35.9 Å². The number of nitrogens with zero attached hydrogens (tertiary/aromatic N) is 4. The van der Waals surface area contributed by atoms with Gasteiger partial charge >= 0.3 is 0 Å². The molecule has 2 aromatic rings. The molecule has 0 fully saturated rings. The molecule has 0 unspecified atom stereocenters. The van der Waals surface area contributed by atoms with E-state index in [-0.39, 0.29) is 0 Å². The van der Waals surface area contributed by atoms with Crippen LogP contribution in [0.4, 0.5) is 0 Å². The van der Waals surface area contributed by atoms with Gasteiger partial charge in [0.25, 0.3) is 0 Å². The molecule has 5 nitrogen and oxygen atoms in total. The third-order valence-electron chi connectivity index (χ3n) is 2.20. The van der Waals surface area contributed by atoms with Gasteiger partial charge in [-0.15, -0.1) is 16.7 Å². The van der Waals surface area contributed by atoms with Crippen LogP contribution >= 0.6 is 11.6 Å². The Hall–Kier alpha value is -2.06. The lowest BCUT2D eigenvalue weighted by Gasteiger charge is -2.03. The van der Waals surface area contributed by atoms with Crippen LogP contribution in [-0.4, -0.2) is 25.9 Å². The van der Waals surface area contributed by atoms with Gasteiger partial charge < -0.3 is 4.74 Å². The first-order chi connectivity index (χ1) is 9.28. The minimum Gasteiger partial charge on any atom is -0.485 e. The molecule has 0 amide bonds. The molecule has 2 heterocycles. The van der Waals surface area contributed by atoms with Crippen molar-refractivity contribution in [2.75, 3.05) is 5.88 Å². The summed E-state index contributed by atoms with van der Waals surface area (Å²) in [5.74, 6) is 7.12. The molecule has 0 bridgehead atoms. The topological polar surface area (TPSA) is 52.8 Å². The number of pyridine rings is 1. The highest BCUT2D eigenvalue weighted by Crippen LogP contribution is 2.12. The van der Waals surface area contributed by atoms with E-state index < -0.39 is 0 Å². The molecule has 2 rings (SSSR count). The Morgan fingerprint density at radius 2 is 2.32 bits per heavy atom. The average molecular weight is 277 g/mol. The van der Waals surface area contributed by atoms with Gasteiger partial charge in [-0.2, -0.15) is 0 Å². The Morgan fingerprint density at radius 3 is 3.05 bits per heavy atom. The fourth-order valence-electron chi connectivity index (χ4n) is 1.40. The predicted molar refractivity (Wildman–Crippen MR) is 71.8 cm³/mol. The van der Waals surface area contributed by atoms with Crippen LogP contribution in [0, 0.1) is 11.8 Å². The van der Waals surface area contributed by atoms with Crippen LogP contribution in [0.5, 0.6) is 5.75 Å². The second-order valence-electron chi connectivity index (χ2n) is 3.82. The van der Waals surface area contributed by atoms with Gasteiger partial charge in [0, 0.05) is 31.1 Å². The second kappa shape index (κ2) is 6.76. The number of hydrogen-bond acceptors (Lipinski definition) is 4. The Labute approximate surface area is 116 Å². The molecule has 0 spiro atoms. The van der Waals surface area contributed by atoms with E-state index in [9.17, 15) is 0 Å². The SMILES string of the molecule is Cn1cc(COc2cncc(C#CCCCl)c2)nn1. The van der Waals surface area contributed by atoms with Gasteiger partial charge in [-0.1, -0.05) is 17.1 Å². The molecule has 0 saturated heterocycles. The third kappa shape index (κ3) is 4.27. The van der Waals surface area contributed by atoms with Gasteiger partial charge in [0.1, 0.15) is 18.1 Å². The number of halogens is 1. The Balaban J connectivity index is 1.97.